The quantitative estimate of drug-likeness (QED) is 0.802. The molecule has 1 amide bonds. The zero-order valence-electron chi connectivity index (χ0n) is 13.0. The molecule has 0 N–H and O–H groups in total. The molecule has 1 fully saturated rings. The summed E-state index contributed by atoms with van der Waals surface area (Å²) in [5.41, 5.74) is 0.369. The molecule has 2 rings (SSSR count). The van der Waals surface area contributed by atoms with Crippen molar-refractivity contribution in [1.82, 2.24) is 9.80 Å². The highest BCUT2D eigenvalue weighted by Gasteiger charge is 2.29. The summed E-state index contributed by atoms with van der Waals surface area (Å²) in [5.74, 6) is -0.209. The zero-order valence-corrected chi connectivity index (χ0v) is 13.8. The van der Waals surface area contributed by atoms with Gasteiger partial charge in [-0.15, -0.1) is 11.8 Å². The van der Waals surface area contributed by atoms with Crippen LogP contribution in [0.5, 0.6) is 0 Å². The standard InChI is InChI=1S/C16H22F2N2OS/c1-19(2)8-9-22-15-4-3-7-20(16(15)21)11-12-5-6-13(17)10-14(12)18/h5-6,10,15H,3-4,7-9,11H2,1-2H3/t15-/m1/s1. The van der Waals surface area contributed by atoms with Gasteiger partial charge in [0.15, 0.2) is 0 Å². The summed E-state index contributed by atoms with van der Waals surface area (Å²) in [4.78, 5) is 16.3. The van der Waals surface area contributed by atoms with Crippen LogP contribution in [-0.4, -0.2) is 53.9 Å². The Morgan fingerprint density at radius 1 is 1.36 bits per heavy atom. The third-order valence-corrected chi connectivity index (χ3v) is 4.97. The predicted molar refractivity (Wildman–Crippen MR) is 85.8 cm³/mol. The van der Waals surface area contributed by atoms with E-state index in [4.69, 9.17) is 0 Å². The number of hydrogen-bond donors (Lipinski definition) is 0. The van der Waals surface area contributed by atoms with Gasteiger partial charge in [-0.05, 0) is 33.0 Å². The number of benzene rings is 1. The molecule has 0 unspecified atom stereocenters. The van der Waals surface area contributed by atoms with Crippen molar-refractivity contribution in [2.24, 2.45) is 0 Å². The van der Waals surface area contributed by atoms with Crippen molar-refractivity contribution in [3.8, 4) is 0 Å². The van der Waals surface area contributed by atoms with Gasteiger partial charge in [-0.1, -0.05) is 6.07 Å². The largest absolute Gasteiger partial charge is 0.337 e. The van der Waals surface area contributed by atoms with Crippen molar-refractivity contribution in [1.29, 1.82) is 0 Å². The third kappa shape index (κ3) is 4.68. The van der Waals surface area contributed by atoms with E-state index in [1.165, 1.54) is 12.1 Å². The van der Waals surface area contributed by atoms with Gasteiger partial charge in [-0.25, -0.2) is 8.78 Å². The molecule has 122 valence electrons. The molecular formula is C16H22F2N2OS. The topological polar surface area (TPSA) is 23.6 Å². The van der Waals surface area contributed by atoms with Crippen LogP contribution in [0.3, 0.4) is 0 Å². The Kier molecular flexibility index (Phi) is 6.20. The van der Waals surface area contributed by atoms with E-state index in [1.807, 2.05) is 14.1 Å². The number of halogens is 2. The fourth-order valence-corrected chi connectivity index (χ4v) is 3.83. The molecule has 0 radical (unpaired) electrons. The Bertz CT molecular complexity index is 525. The van der Waals surface area contributed by atoms with E-state index in [-0.39, 0.29) is 17.7 Å². The maximum atomic E-state index is 13.7. The normalized spacial score (nSPS) is 19.0. The molecule has 0 aliphatic carbocycles. The summed E-state index contributed by atoms with van der Waals surface area (Å²) >= 11 is 1.67. The van der Waals surface area contributed by atoms with Gasteiger partial charge < -0.3 is 9.80 Å². The first-order valence-corrected chi connectivity index (χ1v) is 8.51. The van der Waals surface area contributed by atoms with E-state index in [0.717, 1.165) is 31.2 Å². The molecule has 1 atom stereocenters. The highest BCUT2D eigenvalue weighted by molar-refractivity contribution is 8.00. The Morgan fingerprint density at radius 3 is 2.82 bits per heavy atom. The molecule has 1 aromatic carbocycles. The van der Waals surface area contributed by atoms with Crippen LogP contribution in [0, 0.1) is 11.6 Å². The van der Waals surface area contributed by atoms with Gasteiger partial charge in [0.2, 0.25) is 5.91 Å². The van der Waals surface area contributed by atoms with Gasteiger partial charge in [-0.2, -0.15) is 0 Å². The number of carbonyl (C=O) groups is 1. The number of thioether (sulfide) groups is 1. The maximum absolute atomic E-state index is 13.7. The van der Waals surface area contributed by atoms with Crippen molar-refractivity contribution >= 4 is 17.7 Å². The van der Waals surface area contributed by atoms with Gasteiger partial charge in [0, 0.05) is 37.0 Å². The number of nitrogens with zero attached hydrogens (tertiary/aromatic N) is 2. The number of hydrogen-bond acceptors (Lipinski definition) is 3. The Labute approximate surface area is 134 Å². The average molecular weight is 328 g/mol. The predicted octanol–water partition coefficient (Wildman–Crippen LogP) is 2.75. The monoisotopic (exact) mass is 328 g/mol. The first-order valence-electron chi connectivity index (χ1n) is 7.46. The Morgan fingerprint density at radius 2 is 2.14 bits per heavy atom. The lowest BCUT2D eigenvalue weighted by molar-refractivity contribution is -0.133. The lowest BCUT2D eigenvalue weighted by atomic mass is 10.1. The summed E-state index contributed by atoms with van der Waals surface area (Å²) in [7, 11) is 4.01. The SMILES string of the molecule is CN(C)CCS[C@@H]1CCCN(Cc2ccc(F)cc2F)C1=O. The van der Waals surface area contributed by atoms with Crippen LogP contribution in [0.4, 0.5) is 8.78 Å². The van der Waals surface area contributed by atoms with Crippen LogP contribution >= 0.6 is 11.8 Å². The second-order valence-corrected chi connectivity index (χ2v) is 7.11. The molecule has 0 bridgehead atoms. The molecule has 1 heterocycles. The number of amides is 1. The summed E-state index contributed by atoms with van der Waals surface area (Å²) in [6, 6.07) is 3.52. The minimum atomic E-state index is -0.594. The van der Waals surface area contributed by atoms with Crippen LogP contribution in [0.2, 0.25) is 0 Å². The van der Waals surface area contributed by atoms with E-state index in [2.05, 4.69) is 4.90 Å². The van der Waals surface area contributed by atoms with E-state index in [1.54, 1.807) is 16.7 Å². The molecule has 22 heavy (non-hydrogen) atoms. The van der Waals surface area contributed by atoms with Gasteiger partial charge >= 0.3 is 0 Å². The lowest BCUT2D eigenvalue weighted by Gasteiger charge is -2.32. The molecule has 1 aromatic rings. The molecular weight excluding hydrogens is 306 g/mol. The maximum Gasteiger partial charge on any atom is 0.235 e. The molecule has 3 nitrogen and oxygen atoms in total. The molecule has 1 aliphatic heterocycles. The minimum Gasteiger partial charge on any atom is -0.337 e. The van der Waals surface area contributed by atoms with E-state index in [9.17, 15) is 13.6 Å². The molecule has 1 saturated heterocycles. The fraction of sp³-hybridized carbons (Fsp3) is 0.562. The first-order chi connectivity index (χ1) is 10.5. The number of carbonyl (C=O) groups excluding carboxylic acids is 1. The minimum absolute atomic E-state index is 0.0443. The second-order valence-electron chi connectivity index (χ2n) is 5.80. The highest BCUT2D eigenvalue weighted by atomic mass is 32.2. The van der Waals surface area contributed by atoms with Crippen LogP contribution in [-0.2, 0) is 11.3 Å². The Hall–Kier alpha value is -1.14. The molecule has 0 aromatic heterocycles. The highest BCUT2D eigenvalue weighted by Crippen LogP contribution is 2.25. The van der Waals surface area contributed by atoms with Crippen molar-refractivity contribution in [3.63, 3.8) is 0 Å². The number of piperidine rings is 1. The van der Waals surface area contributed by atoms with Gasteiger partial charge in [0.25, 0.3) is 0 Å². The van der Waals surface area contributed by atoms with Crippen LogP contribution in [0.25, 0.3) is 0 Å². The smallest absolute Gasteiger partial charge is 0.235 e. The summed E-state index contributed by atoms with van der Waals surface area (Å²) in [5, 5.41) is -0.0443. The summed E-state index contributed by atoms with van der Waals surface area (Å²) in [6.07, 6.45) is 1.80. The van der Waals surface area contributed by atoms with E-state index in [0.29, 0.717) is 12.1 Å². The first kappa shape index (κ1) is 17.2. The van der Waals surface area contributed by atoms with Crippen molar-refractivity contribution in [3.05, 3.63) is 35.4 Å². The van der Waals surface area contributed by atoms with Crippen molar-refractivity contribution in [2.45, 2.75) is 24.6 Å². The Balaban J connectivity index is 1.94. The van der Waals surface area contributed by atoms with Gasteiger partial charge in [-0.3, -0.25) is 4.79 Å². The molecule has 0 spiro atoms. The number of rotatable bonds is 6. The van der Waals surface area contributed by atoms with Crippen molar-refractivity contribution < 1.29 is 13.6 Å². The lowest BCUT2D eigenvalue weighted by Crippen LogP contribution is -2.42. The second kappa shape index (κ2) is 7.92. The van der Waals surface area contributed by atoms with Gasteiger partial charge in [0.05, 0.1) is 5.25 Å². The van der Waals surface area contributed by atoms with Crippen LogP contribution < -0.4 is 0 Å². The molecule has 1 aliphatic rings. The third-order valence-electron chi connectivity index (χ3n) is 3.72. The van der Waals surface area contributed by atoms with Gasteiger partial charge in [0.1, 0.15) is 11.6 Å². The molecule has 0 saturated carbocycles. The average Bonchev–Trinajstić information content (AvgIpc) is 2.45. The number of likely N-dealkylation sites (tertiary alicyclic amines) is 1. The van der Waals surface area contributed by atoms with Crippen molar-refractivity contribution in [2.75, 3.05) is 32.9 Å². The molecule has 6 heteroatoms. The van der Waals surface area contributed by atoms with Crippen LogP contribution in [0.15, 0.2) is 18.2 Å². The van der Waals surface area contributed by atoms with E-state index < -0.39 is 11.6 Å². The summed E-state index contributed by atoms with van der Waals surface area (Å²) in [6.45, 7) is 1.79. The van der Waals surface area contributed by atoms with Crippen LogP contribution in [0.1, 0.15) is 18.4 Å². The fourth-order valence-electron chi connectivity index (χ4n) is 2.45. The van der Waals surface area contributed by atoms with E-state index >= 15 is 0 Å². The zero-order chi connectivity index (χ0) is 16.1. The summed E-state index contributed by atoms with van der Waals surface area (Å²) < 4.78 is 26.7.